The van der Waals surface area contributed by atoms with Gasteiger partial charge in [0.15, 0.2) is 0 Å². The molecule has 0 aromatic heterocycles. The molecule has 2 nitrogen and oxygen atoms in total. The maximum atomic E-state index is 13.8. The molecule has 1 N–H and O–H groups in total. The molecule has 1 atom stereocenters. The molecule has 0 aliphatic carbocycles. The van der Waals surface area contributed by atoms with Gasteiger partial charge in [-0.2, -0.15) is 0 Å². The van der Waals surface area contributed by atoms with Crippen LogP contribution < -0.4 is 10.1 Å². The molecule has 0 saturated heterocycles. The van der Waals surface area contributed by atoms with E-state index in [1.807, 2.05) is 25.2 Å². The highest BCUT2D eigenvalue weighted by Gasteiger charge is 2.12. The van der Waals surface area contributed by atoms with Crippen molar-refractivity contribution >= 4 is 31.9 Å². The summed E-state index contributed by atoms with van der Waals surface area (Å²) in [4.78, 5) is 0. The minimum atomic E-state index is -0.275. The van der Waals surface area contributed by atoms with Crippen molar-refractivity contribution in [2.75, 3.05) is 7.05 Å². The lowest BCUT2D eigenvalue weighted by Crippen LogP contribution is -2.14. The van der Waals surface area contributed by atoms with Crippen molar-refractivity contribution in [3.05, 3.63) is 62.3 Å². The van der Waals surface area contributed by atoms with Crippen molar-refractivity contribution in [1.29, 1.82) is 0 Å². The summed E-state index contributed by atoms with van der Waals surface area (Å²) in [6, 6.07) is 11.0. The van der Waals surface area contributed by atoms with E-state index in [2.05, 4.69) is 44.1 Å². The van der Waals surface area contributed by atoms with Gasteiger partial charge in [-0.1, -0.05) is 44.0 Å². The first kappa shape index (κ1) is 16.5. The molecule has 21 heavy (non-hydrogen) atoms. The van der Waals surface area contributed by atoms with Crippen LogP contribution in [0.4, 0.5) is 4.39 Å². The Kier molecular flexibility index (Phi) is 5.79. The van der Waals surface area contributed by atoms with Gasteiger partial charge in [0, 0.05) is 26.1 Å². The van der Waals surface area contributed by atoms with Gasteiger partial charge in [-0.3, -0.25) is 0 Å². The molecule has 2 rings (SSSR count). The number of ether oxygens (including phenoxy) is 1. The van der Waals surface area contributed by atoms with Crippen LogP contribution in [-0.2, 0) is 6.61 Å². The van der Waals surface area contributed by atoms with Gasteiger partial charge in [0.25, 0.3) is 0 Å². The Morgan fingerprint density at radius 1 is 1.14 bits per heavy atom. The first-order valence-corrected chi connectivity index (χ1v) is 8.13. The summed E-state index contributed by atoms with van der Waals surface area (Å²) in [7, 11) is 1.89. The van der Waals surface area contributed by atoms with E-state index in [0.29, 0.717) is 5.56 Å². The Bertz CT molecular complexity index is 634. The monoisotopic (exact) mass is 415 g/mol. The lowest BCUT2D eigenvalue weighted by molar-refractivity contribution is 0.294. The Morgan fingerprint density at radius 3 is 2.48 bits per heavy atom. The van der Waals surface area contributed by atoms with Crippen LogP contribution in [0.1, 0.15) is 24.1 Å². The van der Waals surface area contributed by atoms with Gasteiger partial charge in [0.05, 0.1) is 0 Å². The van der Waals surface area contributed by atoms with E-state index in [-0.39, 0.29) is 18.5 Å². The first-order valence-electron chi connectivity index (χ1n) is 6.54. The fourth-order valence-corrected chi connectivity index (χ4v) is 2.61. The fourth-order valence-electron chi connectivity index (χ4n) is 1.94. The normalized spacial score (nSPS) is 12.2. The highest BCUT2D eigenvalue weighted by molar-refractivity contribution is 9.10. The molecule has 0 aliphatic rings. The Labute approximate surface area is 141 Å². The summed E-state index contributed by atoms with van der Waals surface area (Å²) in [5.41, 5.74) is 1.57. The Hall–Kier alpha value is -0.910. The average molecular weight is 417 g/mol. The average Bonchev–Trinajstić information content (AvgIpc) is 2.45. The molecule has 0 spiro atoms. The first-order chi connectivity index (χ1) is 10.0. The van der Waals surface area contributed by atoms with Crippen LogP contribution in [0.3, 0.4) is 0 Å². The molecular formula is C16H16Br2FNO. The van der Waals surface area contributed by atoms with Crippen molar-refractivity contribution < 1.29 is 9.13 Å². The van der Waals surface area contributed by atoms with Crippen molar-refractivity contribution in [3.63, 3.8) is 0 Å². The number of rotatable bonds is 5. The Morgan fingerprint density at radius 2 is 1.81 bits per heavy atom. The van der Waals surface area contributed by atoms with Gasteiger partial charge >= 0.3 is 0 Å². The van der Waals surface area contributed by atoms with Gasteiger partial charge in [-0.25, -0.2) is 4.39 Å². The summed E-state index contributed by atoms with van der Waals surface area (Å²) >= 11 is 6.68. The van der Waals surface area contributed by atoms with Gasteiger partial charge in [-0.15, -0.1) is 0 Å². The zero-order chi connectivity index (χ0) is 15.4. The lowest BCUT2D eigenvalue weighted by atomic mass is 10.1. The van der Waals surface area contributed by atoms with Crippen molar-refractivity contribution in [2.45, 2.75) is 19.6 Å². The summed E-state index contributed by atoms with van der Waals surface area (Å²) in [6.45, 7) is 2.25. The summed E-state index contributed by atoms with van der Waals surface area (Å²) in [6.07, 6.45) is 0. The topological polar surface area (TPSA) is 21.3 Å². The van der Waals surface area contributed by atoms with E-state index >= 15 is 0 Å². The summed E-state index contributed by atoms with van der Waals surface area (Å²) in [5, 5.41) is 3.18. The number of hydrogen-bond donors (Lipinski definition) is 1. The lowest BCUT2D eigenvalue weighted by Gasteiger charge is -2.17. The highest BCUT2D eigenvalue weighted by Crippen LogP contribution is 2.29. The molecule has 0 radical (unpaired) electrons. The molecule has 0 amide bonds. The van der Waals surface area contributed by atoms with Crippen molar-refractivity contribution in [2.24, 2.45) is 0 Å². The predicted octanol–water partition coefficient (Wildman–Crippen LogP) is 5.21. The summed E-state index contributed by atoms with van der Waals surface area (Å²) in [5.74, 6) is 0.469. The fraction of sp³-hybridized carbons (Fsp3) is 0.250. The number of hydrogen-bond acceptors (Lipinski definition) is 2. The third-order valence-corrected chi connectivity index (χ3v) is 4.26. The SMILES string of the molecule is CNC(C)c1ccc(Br)cc1OCc1ccc(Br)cc1F. The zero-order valence-corrected chi connectivity index (χ0v) is 15.0. The Balaban J connectivity index is 2.21. The summed E-state index contributed by atoms with van der Waals surface area (Å²) < 4.78 is 21.3. The molecular weight excluding hydrogens is 401 g/mol. The van der Waals surface area contributed by atoms with Gasteiger partial charge in [-0.05, 0) is 38.2 Å². The molecule has 2 aromatic rings. The molecule has 0 fully saturated rings. The van der Waals surface area contributed by atoms with Crippen LogP contribution in [0.15, 0.2) is 45.3 Å². The van der Waals surface area contributed by atoms with E-state index in [9.17, 15) is 4.39 Å². The number of benzene rings is 2. The van der Waals surface area contributed by atoms with E-state index in [0.717, 1.165) is 20.3 Å². The largest absolute Gasteiger partial charge is 0.488 e. The second-order valence-electron chi connectivity index (χ2n) is 4.72. The van der Waals surface area contributed by atoms with E-state index < -0.39 is 0 Å². The second kappa shape index (κ2) is 7.38. The minimum absolute atomic E-state index is 0.155. The van der Waals surface area contributed by atoms with Crippen LogP contribution in [0.2, 0.25) is 0 Å². The zero-order valence-electron chi connectivity index (χ0n) is 11.8. The molecule has 1 unspecified atom stereocenters. The standard InChI is InChI=1S/C16H16Br2FNO/c1-10(20-2)14-6-5-13(18)8-16(14)21-9-11-3-4-12(17)7-15(11)19/h3-8,10,20H,9H2,1-2H3. The minimum Gasteiger partial charge on any atom is -0.488 e. The quantitative estimate of drug-likeness (QED) is 0.722. The molecule has 2 aromatic carbocycles. The molecule has 0 aliphatic heterocycles. The third kappa shape index (κ3) is 4.28. The molecule has 0 saturated carbocycles. The van der Waals surface area contributed by atoms with E-state index in [1.54, 1.807) is 12.1 Å². The van der Waals surface area contributed by atoms with Crippen LogP contribution in [0.5, 0.6) is 5.75 Å². The van der Waals surface area contributed by atoms with Crippen molar-refractivity contribution in [3.8, 4) is 5.75 Å². The van der Waals surface area contributed by atoms with Crippen LogP contribution in [0, 0.1) is 5.82 Å². The van der Waals surface area contributed by atoms with Gasteiger partial charge < -0.3 is 10.1 Å². The molecule has 5 heteroatoms. The highest BCUT2D eigenvalue weighted by atomic mass is 79.9. The molecule has 0 heterocycles. The smallest absolute Gasteiger partial charge is 0.130 e. The van der Waals surface area contributed by atoms with Crippen molar-refractivity contribution in [1.82, 2.24) is 5.32 Å². The number of halogens is 3. The van der Waals surface area contributed by atoms with E-state index in [1.165, 1.54) is 6.07 Å². The van der Waals surface area contributed by atoms with Crippen LogP contribution in [0.25, 0.3) is 0 Å². The van der Waals surface area contributed by atoms with Gasteiger partial charge in [0.2, 0.25) is 0 Å². The molecule has 0 bridgehead atoms. The van der Waals surface area contributed by atoms with E-state index in [4.69, 9.17) is 4.74 Å². The van der Waals surface area contributed by atoms with Crippen LogP contribution >= 0.6 is 31.9 Å². The maximum Gasteiger partial charge on any atom is 0.130 e. The second-order valence-corrected chi connectivity index (χ2v) is 6.55. The number of nitrogens with one attached hydrogen (secondary N) is 1. The predicted molar refractivity (Wildman–Crippen MR) is 90.0 cm³/mol. The third-order valence-electron chi connectivity index (χ3n) is 3.27. The molecule has 112 valence electrons. The maximum absolute atomic E-state index is 13.8. The van der Waals surface area contributed by atoms with Crippen LogP contribution in [-0.4, -0.2) is 7.05 Å². The van der Waals surface area contributed by atoms with Gasteiger partial charge in [0.1, 0.15) is 18.2 Å².